The third-order valence-corrected chi connectivity index (χ3v) is 10.7. The van der Waals surface area contributed by atoms with Gasteiger partial charge in [-0.05, 0) is 100 Å². The molecule has 1 fully saturated rings. The number of aryl methyl sites for hydroxylation is 1. The summed E-state index contributed by atoms with van der Waals surface area (Å²) in [6.07, 6.45) is 4.59. The van der Waals surface area contributed by atoms with E-state index in [0.29, 0.717) is 11.2 Å². The summed E-state index contributed by atoms with van der Waals surface area (Å²) >= 11 is 1.76. The van der Waals surface area contributed by atoms with Crippen molar-refractivity contribution >= 4 is 33.3 Å². The fraction of sp³-hybridized carbons (Fsp3) is 0.278. The number of ether oxygens (including phenoxy) is 1. The molecule has 7 rings (SSSR count). The molecule has 0 radical (unpaired) electrons. The Bertz CT molecular complexity index is 1770. The van der Waals surface area contributed by atoms with Crippen LogP contribution in [0.1, 0.15) is 56.2 Å². The zero-order chi connectivity index (χ0) is 26.9. The van der Waals surface area contributed by atoms with Crippen LogP contribution in [0.4, 0.5) is 0 Å². The van der Waals surface area contributed by atoms with Crippen molar-refractivity contribution in [2.75, 3.05) is 7.11 Å². The summed E-state index contributed by atoms with van der Waals surface area (Å²) in [7, 11) is 1.72. The Morgan fingerprint density at radius 2 is 1.51 bits per heavy atom. The summed E-state index contributed by atoms with van der Waals surface area (Å²) in [6, 6.07) is 28.3. The van der Waals surface area contributed by atoms with E-state index in [4.69, 9.17) is 4.74 Å². The van der Waals surface area contributed by atoms with Gasteiger partial charge in [-0.2, -0.15) is 0 Å². The van der Waals surface area contributed by atoms with Crippen molar-refractivity contribution in [2.45, 2.75) is 61.7 Å². The first-order valence-corrected chi connectivity index (χ1v) is 14.8. The molecule has 1 saturated carbocycles. The Labute approximate surface area is 235 Å². The van der Waals surface area contributed by atoms with Crippen molar-refractivity contribution in [2.24, 2.45) is 5.41 Å². The van der Waals surface area contributed by atoms with Gasteiger partial charge in [0.1, 0.15) is 11.5 Å². The van der Waals surface area contributed by atoms with E-state index in [-0.39, 0.29) is 5.41 Å². The average Bonchev–Trinajstić information content (AvgIpc) is 3.21. The molecule has 5 aromatic rings. The molecule has 3 heteroatoms. The molecule has 5 aromatic carbocycles. The molecular weight excluding hydrogens is 496 g/mol. The molecule has 0 aromatic heterocycles. The highest BCUT2D eigenvalue weighted by Gasteiger charge is 2.47. The second-order valence-electron chi connectivity index (χ2n) is 12.2. The molecule has 0 saturated heterocycles. The summed E-state index contributed by atoms with van der Waals surface area (Å²) < 4.78 is 5.92. The third-order valence-electron chi connectivity index (χ3n) is 9.37. The van der Waals surface area contributed by atoms with Crippen molar-refractivity contribution in [1.82, 2.24) is 0 Å². The highest BCUT2D eigenvalue weighted by molar-refractivity contribution is 7.99. The largest absolute Gasteiger partial charge is 0.507 e. The van der Waals surface area contributed by atoms with Gasteiger partial charge in [0.05, 0.1) is 12.0 Å². The van der Waals surface area contributed by atoms with Crippen molar-refractivity contribution in [3.63, 3.8) is 0 Å². The first kappa shape index (κ1) is 24.6. The van der Waals surface area contributed by atoms with Crippen LogP contribution < -0.4 is 4.74 Å². The number of hydrogen-bond donors (Lipinski definition) is 1. The molecular formula is C36H34O2S. The van der Waals surface area contributed by atoms with E-state index in [1.165, 1.54) is 56.3 Å². The highest BCUT2D eigenvalue weighted by Crippen LogP contribution is 2.61. The van der Waals surface area contributed by atoms with Crippen molar-refractivity contribution in [1.29, 1.82) is 0 Å². The summed E-state index contributed by atoms with van der Waals surface area (Å²) in [5.41, 5.74) is 6.90. The van der Waals surface area contributed by atoms with Gasteiger partial charge < -0.3 is 9.84 Å². The number of methoxy groups -OCH3 is 1. The van der Waals surface area contributed by atoms with E-state index < -0.39 is 0 Å². The van der Waals surface area contributed by atoms with E-state index in [1.807, 2.05) is 6.07 Å². The summed E-state index contributed by atoms with van der Waals surface area (Å²) in [5, 5.41) is 15.9. The number of phenols is 1. The summed E-state index contributed by atoms with van der Waals surface area (Å²) in [4.78, 5) is 2.31. The second-order valence-corrected chi connectivity index (χ2v) is 13.2. The first-order valence-electron chi connectivity index (χ1n) is 14.0. The van der Waals surface area contributed by atoms with Crippen molar-refractivity contribution < 1.29 is 9.84 Å². The van der Waals surface area contributed by atoms with Gasteiger partial charge in [-0.3, -0.25) is 0 Å². The SMILES string of the molecule is COc1cc2c(O)cc3c(c2cc1Sc1c(C)ccc2ccccc12)-c1ccccc1C31CCC(C)(C)CC1. The van der Waals surface area contributed by atoms with Gasteiger partial charge in [-0.25, -0.2) is 0 Å². The van der Waals surface area contributed by atoms with Gasteiger partial charge in [0, 0.05) is 15.7 Å². The monoisotopic (exact) mass is 530 g/mol. The molecule has 1 spiro atoms. The standard InChI is InChI=1S/C36H34O2S/c1-22-13-14-23-9-5-6-10-24(23)34(22)39-32-20-27-26(19-31(32)38-4)30(37)21-29-33(27)25-11-7-8-12-28(25)36(29)17-15-35(2,3)16-18-36/h5-14,19-21,37H,15-18H2,1-4H3. The van der Waals surface area contributed by atoms with Gasteiger partial charge in [0.15, 0.2) is 0 Å². The lowest BCUT2D eigenvalue weighted by molar-refractivity contribution is 0.187. The predicted molar refractivity (Wildman–Crippen MR) is 163 cm³/mol. The number of hydrogen-bond acceptors (Lipinski definition) is 3. The lowest BCUT2D eigenvalue weighted by atomic mass is 9.61. The molecule has 0 atom stereocenters. The van der Waals surface area contributed by atoms with Crippen LogP contribution in [-0.2, 0) is 5.41 Å². The molecule has 1 N–H and O–H groups in total. The fourth-order valence-corrected chi connectivity index (χ4v) is 8.23. The fourth-order valence-electron chi connectivity index (χ4n) is 7.07. The maximum Gasteiger partial charge on any atom is 0.133 e. The lowest BCUT2D eigenvalue weighted by Crippen LogP contribution is -2.34. The molecule has 0 unspecified atom stereocenters. The number of benzene rings is 5. The number of aromatic hydroxyl groups is 1. The molecule has 2 nitrogen and oxygen atoms in total. The summed E-state index contributed by atoms with van der Waals surface area (Å²) in [6.45, 7) is 6.96. The lowest BCUT2D eigenvalue weighted by Gasteiger charge is -2.43. The molecule has 0 bridgehead atoms. The van der Waals surface area contributed by atoms with Gasteiger partial charge in [0.2, 0.25) is 0 Å². The molecule has 2 aliphatic rings. The molecule has 2 aliphatic carbocycles. The normalized spacial score (nSPS) is 16.9. The van der Waals surface area contributed by atoms with E-state index in [1.54, 1.807) is 18.9 Å². The quantitative estimate of drug-likeness (QED) is 0.252. The first-order chi connectivity index (χ1) is 18.8. The van der Waals surface area contributed by atoms with Gasteiger partial charge in [-0.1, -0.05) is 86.3 Å². The number of rotatable bonds is 3. The van der Waals surface area contributed by atoms with Crippen LogP contribution in [0.5, 0.6) is 11.5 Å². The Morgan fingerprint density at radius 3 is 2.31 bits per heavy atom. The highest BCUT2D eigenvalue weighted by atomic mass is 32.2. The van der Waals surface area contributed by atoms with Crippen LogP contribution in [0.15, 0.2) is 88.7 Å². The third kappa shape index (κ3) is 3.70. The minimum atomic E-state index is -0.0351. The predicted octanol–water partition coefficient (Wildman–Crippen LogP) is 10.0. The minimum absolute atomic E-state index is 0.0351. The maximum atomic E-state index is 11.5. The van der Waals surface area contributed by atoms with Crippen LogP contribution >= 0.6 is 11.8 Å². The molecule has 0 amide bonds. The van der Waals surface area contributed by atoms with Crippen LogP contribution in [-0.4, -0.2) is 12.2 Å². The van der Waals surface area contributed by atoms with Gasteiger partial charge in [0.25, 0.3) is 0 Å². The molecule has 196 valence electrons. The molecule has 0 aliphatic heterocycles. The van der Waals surface area contributed by atoms with E-state index in [9.17, 15) is 5.11 Å². The van der Waals surface area contributed by atoms with Gasteiger partial charge >= 0.3 is 0 Å². The smallest absolute Gasteiger partial charge is 0.133 e. The van der Waals surface area contributed by atoms with Crippen LogP contribution in [0, 0.1) is 12.3 Å². The Balaban J connectivity index is 1.47. The average molecular weight is 531 g/mol. The second kappa shape index (κ2) is 8.79. The summed E-state index contributed by atoms with van der Waals surface area (Å²) in [5.74, 6) is 1.13. The van der Waals surface area contributed by atoms with E-state index in [2.05, 4.69) is 93.6 Å². The zero-order valence-corrected chi connectivity index (χ0v) is 23.9. The van der Waals surface area contributed by atoms with Crippen molar-refractivity contribution in [3.05, 3.63) is 95.6 Å². The van der Waals surface area contributed by atoms with Crippen LogP contribution in [0.3, 0.4) is 0 Å². The topological polar surface area (TPSA) is 29.5 Å². The minimum Gasteiger partial charge on any atom is -0.507 e. The molecule has 0 heterocycles. The van der Waals surface area contributed by atoms with Crippen LogP contribution in [0.25, 0.3) is 32.7 Å². The zero-order valence-electron chi connectivity index (χ0n) is 23.1. The Kier molecular flexibility index (Phi) is 5.55. The Hall–Kier alpha value is -3.43. The van der Waals surface area contributed by atoms with Gasteiger partial charge in [-0.15, -0.1) is 0 Å². The van der Waals surface area contributed by atoms with Crippen LogP contribution in [0.2, 0.25) is 0 Å². The molecule has 39 heavy (non-hydrogen) atoms. The Morgan fingerprint density at radius 1 is 0.769 bits per heavy atom. The van der Waals surface area contributed by atoms with E-state index >= 15 is 0 Å². The van der Waals surface area contributed by atoms with Crippen molar-refractivity contribution in [3.8, 4) is 22.6 Å². The maximum absolute atomic E-state index is 11.5. The van der Waals surface area contributed by atoms with E-state index in [0.717, 1.165) is 34.3 Å². The number of fused-ring (bicyclic) bond motifs is 8. The number of phenolic OH excluding ortho intramolecular Hbond substituents is 1.